The van der Waals surface area contributed by atoms with Gasteiger partial charge in [-0.15, -0.1) is 0 Å². The molecule has 1 heterocycles. The summed E-state index contributed by atoms with van der Waals surface area (Å²) in [5, 5.41) is 10.8. The Morgan fingerprint density at radius 2 is 2.00 bits per heavy atom. The van der Waals surface area contributed by atoms with Crippen LogP contribution in [0.3, 0.4) is 0 Å². The van der Waals surface area contributed by atoms with Gasteiger partial charge in [-0.1, -0.05) is 0 Å². The summed E-state index contributed by atoms with van der Waals surface area (Å²) >= 11 is 0. The molecule has 21 heavy (non-hydrogen) atoms. The summed E-state index contributed by atoms with van der Waals surface area (Å²) in [7, 11) is 0. The van der Waals surface area contributed by atoms with Gasteiger partial charge in [0.1, 0.15) is 12.6 Å². The molecule has 9 heteroatoms. The van der Waals surface area contributed by atoms with E-state index in [4.69, 9.17) is 16.6 Å². The maximum atomic E-state index is 12.2. The molecule has 1 rings (SSSR count). The van der Waals surface area contributed by atoms with Crippen molar-refractivity contribution >= 4 is 23.7 Å². The van der Waals surface area contributed by atoms with Gasteiger partial charge in [-0.05, 0) is 19.3 Å². The maximum absolute atomic E-state index is 12.2. The zero-order chi connectivity index (χ0) is 16.0. The number of aliphatic carboxylic acids is 1. The Morgan fingerprint density at radius 1 is 1.33 bits per heavy atom. The van der Waals surface area contributed by atoms with Gasteiger partial charge in [0.2, 0.25) is 17.7 Å². The van der Waals surface area contributed by atoms with E-state index in [2.05, 4.69) is 5.32 Å². The summed E-state index contributed by atoms with van der Waals surface area (Å²) in [4.78, 5) is 46.5. The molecule has 2 atom stereocenters. The third-order valence-electron chi connectivity index (χ3n) is 3.27. The third kappa shape index (κ3) is 5.03. The molecule has 0 aromatic carbocycles. The third-order valence-corrected chi connectivity index (χ3v) is 3.27. The van der Waals surface area contributed by atoms with Gasteiger partial charge in [-0.2, -0.15) is 0 Å². The molecule has 0 aliphatic carbocycles. The maximum Gasteiger partial charge on any atom is 0.322 e. The van der Waals surface area contributed by atoms with Crippen molar-refractivity contribution in [2.75, 3.05) is 13.1 Å². The van der Waals surface area contributed by atoms with E-state index in [1.807, 2.05) is 0 Å². The molecular weight excluding hydrogens is 280 g/mol. The van der Waals surface area contributed by atoms with Gasteiger partial charge in [-0.25, -0.2) is 0 Å². The van der Waals surface area contributed by atoms with Crippen LogP contribution in [0, 0.1) is 0 Å². The van der Waals surface area contributed by atoms with E-state index in [1.54, 1.807) is 0 Å². The zero-order valence-corrected chi connectivity index (χ0v) is 11.6. The zero-order valence-electron chi connectivity index (χ0n) is 11.6. The number of carbonyl (C=O) groups excluding carboxylic acids is 3. The van der Waals surface area contributed by atoms with Crippen LogP contribution in [0.4, 0.5) is 0 Å². The number of hydrogen-bond acceptors (Lipinski definition) is 5. The molecule has 1 aliphatic rings. The topological polar surface area (TPSA) is 156 Å². The first-order valence-corrected chi connectivity index (χ1v) is 6.66. The number of hydrogen-bond donors (Lipinski definition) is 4. The fraction of sp³-hybridized carbons (Fsp3) is 0.667. The highest BCUT2D eigenvalue weighted by molar-refractivity contribution is 5.91. The first-order chi connectivity index (χ1) is 9.82. The monoisotopic (exact) mass is 300 g/mol. The molecule has 9 nitrogen and oxygen atoms in total. The normalized spacial score (nSPS) is 19.1. The lowest BCUT2D eigenvalue weighted by Gasteiger charge is -2.26. The van der Waals surface area contributed by atoms with Crippen LogP contribution < -0.4 is 16.8 Å². The molecule has 0 saturated carbocycles. The number of amides is 3. The van der Waals surface area contributed by atoms with Crippen molar-refractivity contribution in [3.63, 3.8) is 0 Å². The van der Waals surface area contributed by atoms with Gasteiger partial charge in [-0.3, -0.25) is 19.2 Å². The van der Waals surface area contributed by atoms with E-state index >= 15 is 0 Å². The van der Waals surface area contributed by atoms with Crippen LogP contribution in [-0.2, 0) is 19.2 Å². The molecule has 0 radical (unpaired) electrons. The van der Waals surface area contributed by atoms with E-state index in [0.717, 1.165) is 0 Å². The van der Waals surface area contributed by atoms with Crippen molar-refractivity contribution in [2.24, 2.45) is 11.5 Å². The molecule has 6 N–H and O–H groups in total. The highest BCUT2D eigenvalue weighted by atomic mass is 16.4. The molecule has 0 aromatic rings. The number of nitrogens with two attached hydrogens (primary N) is 2. The number of carbonyl (C=O) groups is 4. The van der Waals surface area contributed by atoms with Gasteiger partial charge < -0.3 is 26.8 Å². The lowest BCUT2D eigenvalue weighted by atomic mass is 10.1. The van der Waals surface area contributed by atoms with Crippen molar-refractivity contribution in [3.05, 3.63) is 0 Å². The van der Waals surface area contributed by atoms with Crippen molar-refractivity contribution in [3.8, 4) is 0 Å². The molecule has 0 aromatic heterocycles. The molecule has 1 fully saturated rings. The standard InChI is InChI=1S/C12H20N4O5/c13-7(3-4-9(14)17)12(21)16-5-1-2-8(16)11(20)15-6-10(18)19/h7-8H,1-6,13H2,(H2,14,17)(H,15,20)(H,18,19). The lowest BCUT2D eigenvalue weighted by Crippen LogP contribution is -2.51. The molecule has 3 amide bonds. The molecule has 2 unspecified atom stereocenters. The number of rotatable bonds is 7. The Balaban J connectivity index is 2.59. The van der Waals surface area contributed by atoms with E-state index in [0.29, 0.717) is 19.4 Å². The van der Waals surface area contributed by atoms with Crippen molar-refractivity contribution < 1.29 is 24.3 Å². The molecular formula is C12H20N4O5. The van der Waals surface area contributed by atoms with E-state index in [1.165, 1.54) is 4.90 Å². The Kier molecular flexibility index (Phi) is 6.10. The smallest absolute Gasteiger partial charge is 0.322 e. The van der Waals surface area contributed by atoms with E-state index in [9.17, 15) is 19.2 Å². The van der Waals surface area contributed by atoms with Crippen molar-refractivity contribution in [1.82, 2.24) is 10.2 Å². The number of primary amides is 1. The van der Waals surface area contributed by atoms with Gasteiger partial charge in [0.15, 0.2) is 0 Å². The fourth-order valence-electron chi connectivity index (χ4n) is 2.22. The van der Waals surface area contributed by atoms with Crippen molar-refractivity contribution in [1.29, 1.82) is 0 Å². The summed E-state index contributed by atoms with van der Waals surface area (Å²) in [6.45, 7) is -0.112. The number of carboxylic acid groups (broad SMARTS) is 1. The van der Waals surface area contributed by atoms with Gasteiger partial charge in [0.25, 0.3) is 0 Å². The number of likely N-dealkylation sites (tertiary alicyclic amines) is 1. The molecule has 0 spiro atoms. The molecule has 1 saturated heterocycles. The van der Waals surface area contributed by atoms with E-state index < -0.39 is 42.3 Å². The second-order valence-corrected chi connectivity index (χ2v) is 4.91. The van der Waals surface area contributed by atoms with Crippen LogP contribution in [0.5, 0.6) is 0 Å². The first-order valence-electron chi connectivity index (χ1n) is 6.66. The van der Waals surface area contributed by atoms with Gasteiger partial charge in [0.05, 0.1) is 6.04 Å². The molecule has 0 bridgehead atoms. The quantitative estimate of drug-likeness (QED) is 0.417. The summed E-state index contributed by atoms with van der Waals surface area (Å²) in [6.07, 6.45) is 1.21. The Hall–Kier alpha value is -2.16. The van der Waals surface area contributed by atoms with Gasteiger partial charge in [0, 0.05) is 13.0 Å². The highest BCUT2D eigenvalue weighted by Gasteiger charge is 2.36. The highest BCUT2D eigenvalue weighted by Crippen LogP contribution is 2.19. The predicted octanol–water partition coefficient (Wildman–Crippen LogP) is -2.23. The largest absolute Gasteiger partial charge is 0.480 e. The predicted molar refractivity (Wildman–Crippen MR) is 71.8 cm³/mol. The van der Waals surface area contributed by atoms with Gasteiger partial charge >= 0.3 is 5.97 Å². The number of carboxylic acids is 1. The average molecular weight is 300 g/mol. The Labute approximate surface area is 121 Å². The van der Waals surface area contributed by atoms with Crippen LogP contribution in [0.1, 0.15) is 25.7 Å². The van der Waals surface area contributed by atoms with Crippen molar-refractivity contribution in [2.45, 2.75) is 37.8 Å². The minimum Gasteiger partial charge on any atom is -0.480 e. The van der Waals surface area contributed by atoms with Crippen LogP contribution in [0.15, 0.2) is 0 Å². The summed E-state index contributed by atoms with van der Waals surface area (Å²) in [6, 6.07) is -1.61. The minimum atomic E-state index is -1.16. The Bertz CT molecular complexity index is 439. The number of nitrogens with zero attached hydrogens (tertiary/aromatic N) is 1. The van der Waals surface area contributed by atoms with Crippen LogP contribution in [-0.4, -0.2) is 58.9 Å². The van der Waals surface area contributed by atoms with Crippen LogP contribution in [0.2, 0.25) is 0 Å². The fourth-order valence-corrected chi connectivity index (χ4v) is 2.22. The minimum absolute atomic E-state index is 0.00335. The second kappa shape index (κ2) is 7.58. The average Bonchev–Trinajstić information content (AvgIpc) is 2.90. The second-order valence-electron chi connectivity index (χ2n) is 4.91. The summed E-state index contributed by atoms with van der Waals surface area (Å²) in [5.41, 5.74) is 10.7. The first kappa shape index (κ1) is 16.9. The van der Waals surface area contributed by atoms with Crippen LogP contribution in [0.25, 0.3) is 0 Å². The molecule has 1 aliphatic heterocycles. The Morgan fingerprint density at radius 3 is 2.57 bits per heavy atom. The molecule has 118 valence electrons. The SMILES string of the molecule is NC(=O)CCC(N)C(=O)N1CCCC1C(=O)NCC(=O)O. The summed E-state index contributed by atoms with van der Waals surface area (Å²) < 4.78 is 0. The van der Waals surface area contributed by atoms with E-state index in [-0.39, 0.29) is 12.8 Å². The lowest BCUT2D eigenvalue weighted by molar-refractivity contribution is -0.141. The van der Waals surface area contributed by atoms with Crippen LogP contribution >= 0.6 is 0 Å². The number of nitrogens with one attached hydrogen (secondary N) is 1. The summed E-state index contributed by atoms with van der Waals surface area (Å²) in [5.74, 6) is -2.64.